The van der Waals surface area contributed by atoms with Crippen molar-refractivity contribution in [1.82, 2.24) is 10.2 Å². The van der Waals surface area contributed by atoms with Gasteiger partial charge in [-0.2, -0.15) is 0 Å². The lowest BCUT2D eigenvalue weighted by Crippen LogP contribution is -2.49. The first-order valence-corrected chi connectivity index (χ1v) is 9.63. The number of aryl methyl sites for hydroxylation is 1. The molecule has 2 amide bonds. The molecule has 0 unspecified atom stereocenters. The number of hydrogen-bond donors (Lipinski definition) is 1. The van der Waals surface area contributed by atoms with E-state index in [4.69, 9.17) is 11.6 Å². The van der Waals surface area contributed by atoms with Gasteiger partial charge < -0.3 is 10.2 Å². The summed E-state index contributed by atoms with van der Waals surface area (Å²) in [4.78, 5) is 27.1. The van der Waals surface area contributed by atoms with Crippen molar-refractivity contribution in [1.29, 1.82) is 0 Å². The molecule has 0 aromatic heterocycles. The molecule has 5 heteroatoms. The molecule has 2 aromatic carbocycles. The van der Waals surface area contributed by atoms with Crippen LogP contribution in [0.3, 0.4) is 0 Å². The van der Waals surface area contributed by atoms with Crippen LogP contribution in [-0.4, -0.2) is 28.8 Å². The fourth-order valence-electron chi connectivity index (χ4n) is 2.81. The van der Waals surface area contributed by atoms with Gasteiger partial charge in [0.05, 0.1) is 0 Å². The molecular formula is C22H27ClN2O2. The minimum atomic E-state index is -0.550. The van der Waals surface area contributed by atoms with E-state index in [2.05, 4.69) is 5.32 Å². The van der Waals surface area contributed by atoms with E-state index in [1.807, 2.05) is 56.3 Å². The molecule has 4 nitrogen and oxygen atoms in total. The largest absolute Gasteiger partial charge is 0.352 e. The number of nitrogens with zero attached hydrogens (tertiary/aromatic N) is 1. The number of carbonyl (C=O) groups excluding carboxylic acids is 2. The SMILES string of the molecule is CC(C)NC(=O)[C@@H](C)N(Cc1ccc(Cl)cc1)C(=O)CCc1ccccc1. The molecule has 0 saturated heterocycles. The van der Waals surface area contributed by atoms with E-state index in [9.17, 15) is 9.59 Å². The van der Waals surface area contributed by atoms with E-state index in [1.54, 1.807) is 24.0 Å². The zero-order valence-corrected chi connectivity index (χ0v) is 16.9. The van der Waals surface area contributed by atoms with Crippen LogP contribution in [0, 0.1) is 0 Å². The van der Waals surface area contributed by atoms with Crippen LogP contribution in [0.15, 0.2) is 54.6 Å². The highest BCUT2D eigenvalue weighted by molar-refractivity contribution is 6.30. The summed E-state index contributed by atoms with van der Waals surface area (Å²) in [5.74, 6) is -0.188. The lowest BCUT2D eigenvalue weighted by molar-refractivity contribution is -0.140. The van der Waals surface area contributed by atoms with Crippen molar-refractivity contribution >= 4 is 23.4 Å². The van der Waals surface area contributed by atoms with Gasteiger partial charge in [0, 0.05) is 24.0 Å². The Hall–Kier alpha value is -2.33. The summed E-state index contributed by atoms with van der Waals surface area (Å²) in [6.07, 6.45) is 1.01. The standard InChI is InChI=1S/C22H27ClN2O2/c1-16(2)24-22(27)17(3)25(15-19-9-12-20(23)13-10-19)21(26)14-11-18-7-5-4-6-8-18/h4-10,12-13,16-17H,11,14-15H2,1-3H3,(H,24,27)/t17-/m1/s1. The number of benzene rings is 2. The summed E-state index contributed by atoms with van der Waals surface area (Å²) in [5, 5.41) is 3.54. The Labute approximate surface area is 166 Å². The molecule has 1 atom stereocenters. The minimum Gasteiger partial charge on any atom is -0.352 e. The summed E-state index contributed by atoms with van der Waals surface area (Å²) in [6, 6.07) is 16.7. The molecule has 0 saturated carbocycles. The monoisotopic (exact) mass is 386 g/mol. The summed E-state index contributed by atoms with van der Waals surface area (Å²) in [5.41, 5.74) is 2.05. The van der Waals surface area contributed by atoms with E-state index < -0.39 is 6.04 Å². The Balaban J connectivity index is 2.12. The van der Waals surface area contributed by atoms with Gasteiger partial charge in [-0.3, -0.25) is 9.59 Å². The molecule has 0 bridgehead atoms. The first-order valence-electron chi connectivity index (χ1n) is 9.25. The highest BCUT2D eigenvalue weighted by Gasteiger charge is 2.26. The fourth-order valence-corrected chi connectivity index (χ4v) is 2.94. The third kappa shape index (κ3) is 6.72. The zero-order valence-electron chi connectivity index (χ0n) is 16.1. The maximum absolute atomic E-state index is 12.9. The quantitative estimate of drug-likeness (QED) is 0.738. The lowest BCUT2D eigenvalue weighted by Gasteiger charge is -2.29. The van der Waals surface area contributed by atoms with E-state index in [0.717, 1.165) is 11.1 Å². The van der Waals surface area contributed by atoms with Gasteiger partial charge in [-0.05, 0) is 50.5 Å². The number of carbonyl (C=O) groups is 2. The minimum absolute atomic E-state index is 0.0248. The van der Waals surface area contributed by atoms with Crippen molar-refractivity contribution in [3.63, 3.8) is 0 Å². The third-order valence-electron chi connectivity index (χ3n) is 4.33. The van der Waals surface area contributed by atoms with Crippen LogP contribution in [0.1, 0.15) is 38.3 Å². The summed E-state index contributed by atoms with van der Waals surface area (Å²) < 4.78 is 0. The molecule has 0 aliphatic heterocycles. The molecule has 0 aliphatic rings. The Morgan fingerprint density at radius 2 is 1.59 bits per heavy atom. The van der Waals surface area contributed by atoms with Crippen molar-refractivity contribution in [2.75, 3.05) is 0 Å². The highest BCUT2D eigenvalue weighted by atomic mass is 35.5. The smallest absolute Gasteiger partial charge is 0.242 e. The van der Waals surface area contributed by atoms with Crippen molar-refractivity contribution in [3.8, 4) is 0 Å². The number of halogens is 1. The summed E-state index contributed by atoms with van der Waals surface area (Å²) in [6.45, 7) is 5.96. The average molecular weight is 387 g/mol. The number of nitrogens with one attached hydrogen (secondary N) is 1. The van der Waals surface area contributed by atoms with E-state index >= 15 is 0 Å². The van der Waals surface area contributed by atoms with Crippen LogP contribution in [0.5, 0.6) is 0 Å². The average Bonchev–Trinajstić information content (AvgIpc) is 2.65. The van der Waals surface area contributed by atoms with Crippen LogP contribution in [0.2, 0.25) is 5.02 Å². The van der Waals surface area contributed by atoms with Crippen LogP contribution in [0.25, 0.3) is 0 Å². The number of hydrogen-bond acceptors (Lipinski definition) is 2. The van der Waals surface area contributed by atoms with Crippen molar-refractivity contribution in [2.24, 2.45) is 0 Å². The highest BCUT2D eigenvalue weighted by Crippen LogP contribution is 2.15. The first kappa shape index (κ1) is 21.0. The van der Waals surface area contributed by atoms with Gasteiger partial charge in [0.2, 0.25) is 11.8 Å². The lowest BCUT2D eigenvalue weighted by atomic mass is 10.1. The van der Waals surface area contributed by atoms with E-state index in [0.29, 0.717) is 24.4 Å². The molecule has 0 aliphatic carbocycles. The third-order valence-corrected chi connectivity index (χ3v) is 4.59. The maximum Gasteiger partial charge on any atom is 0.242 e. The summed E-state index contributed by atoms with van der Waals surface area (Å²) >= 11 is 5.95. The molecular weight excluding hydrogens is 360 g/mol. The van der Waals surface area contributed by atoms with E-state index in [1.165, 1.54) is 0 Å². The molecule has 0 radical (unpaired) electrons. The van der Waals surface area contributed by atoms with Crippen molar-refractivity contribution in [3.05, 3.63) is 70.7 Å². The second-order valence-electron chi connectivity index (χ2n) is 6.97. The van der Waals surface area contributed by atoms with Crippen LogP contribution < -0.4 is 5.32 Å². The molecule has 0 heterocycles. The van der Waals surface area contributed by atoms with Gasteiger partial charge in [0.15, 0.2) is 0 Å². The molecule has 2 rings (SSSR count). The summed E-state index contributed by atoms with van der Waals surface area (Å²) in [7, 11) is 0. The second kappa shape index (κ2) is 10.1. The zero-order chi connectivity index (χ0) is 19.8. The molecule has 2 aromatic rings. The van der Waals surface area contributed by atoms with Crippen molar-refractivity contribution < 1.29 is 9.59 Å². The fraction of sp³-hybridized carbons (Fsp3) is 0.364. The molecule has 144 valence electrons. The molecule has 27 heavy (non-hydrogen) atoms. The van der Waals surface area contributed by atoms with Crippen LogP contribution in [0.4, 0.5) is 0 Å². The predicted molar refractivity (Wildman–Crippen MR) is 110 cm³/mol. The number of rotatable bonds is 8. The van der Waals surface area contributed by atoms with Gasteiger partial charge in [-0.15, -0.1) is 0 Å². The predicted octanol–water partition coefficient (Wildman–Crippen LogP) is 4.21. The van der Waals surface area contributed by atoms with Gasteiger partial charge in [0.1, 0.15) is 6.04 Å². The Kier molecular flexibility index (Phi) is 7.86. The topological polar surface area (TPSA) is 49.4 Å². The molecule has 1 N–H and O–H groups in total. The maximum atomic E-state index is 12.9. The van der Waals surface area contributed by atoms with Crippen LogP contribution >= 0.6 is 11.6 Å². The van der Waals surface area contributed by atoms with Gasteiger partial charge in [0.25, 0.3) is 0 Å². The Morgan fingerprint density at radius 3 is 2.19 bits per heavy atom. The van der Waals surface area contributed by atoms with Crippen LogP contribution in [-0.2, 0) is 22.6 Å². The van der Waals surface area contributed by atoms with Gasteiger partial charge in [-0.25, -0.2) is 0 Å². The normalized spacial score (nSPS) is 11.9. The second-order valence-corrected chi connectivity index (χ2v) is 7.41. The Bertz CT molecular complexity index is 745. The van der Waals surface area contributed by atoms with Gasteiger partial charge >= 0.3 is 0 Å². The molecule has 0 spiro atoms. The Morgan fingerprint density at radius 1 is 0.963 bits per heavy atom. The van der Waals surface area contributed by atoms with Gasteiger partial charge in [-0.1, -0.05) is 54.1 Å². The first-order chi connectivity index (χ1) is 12.9. The number of amides is 2. The van der Waals surface area contributed by atoms with Crippen molar-refractivity contribution in [2.45, 2.75) is 52.2 Å². The molecule has 0 fully saturated rings. The van der Waals surface area contributed by atoms with E-state index in [-0.39, 0.29) is 17.9 Å².